The fourth-order valence-electron chi connectivity index (χ4n) is 3.65. The summed E-state index contributed by atoms with van der Waals surface area (Å²) in [5.41, 5.74) is 2.58. The Morgan fingerprint density at radius 1 is 1.10 bits per heavy atom. The van der Waals surface area contributed by atoms with Crippen LogP contribution in [0.1, 0.15) is 37.3 Å². The van der Waals surface area contributed by atoms with Crippen LogP contribution in [0.2, 0.25) is 0 Å². The Balaban J connectivity index is 1.61. The summed E-state index contributed by atoms with van der Waals surface area (Å²) in [7, 11) is 1.65. The van der Waals surface area contributed by atoms with Gasteiger partial charge in [-0.1, -0.05) is 49.4 Å². The van der Waals surface area contributed by atoms with Crippen molar-refractivity contribution in [1.82, 2.24) is 10.2 Å². The van der Waals surface area contributed by atoms with Crippen LogP contribution in [0, 0.1) is 5.92 Å². The van der Waals surface area contributed by atoms with E-state index in [0.717, 1.165) is 35.8 Å². The van der Waals surface area contributed by atoms with Gasteiger partial charge in [-0.3, -0.25) is 4.79 Å². The molecule has 1 amide bonds. The van der Waals surface area contributed by atoms with Crippen molar-refractivity contribution in [3.63, 3.8) is 0 Å². The lowest BCUT2D eigenvalue weighted by atomic mass is 9.99. The first kappa shape index (κ1) is 21.1. The molecule has 1 fully saturated rings. The lowest BCUT2D eigenvalue weighted by Gasteiger charge is -2.30. The predicted octanol–water partition coefficient (Wildman–Crippen LogP) is 4.47. The van der Waals surface area contributed by atoms with Crippen molar-refractivity contribution in [2.45, 2.75) is 26.2 Å². The molecule has 0 aliphatic carbocycles. The van der Waals surface area contributed by atoms with E-state index in [1.54, 1.807) is 7.11 Å². The van der Waals surface area contributed by atoms with Crippen molar-refractivity contribution in [2.24, 2.45) is 5.92 Å². The van der Waals surface area contributed by atoms with E-state index in [2.05, 4.69) is 17.1 Å². The molecule has 0 spiro atoms. The van der Waals surface area contributed by atoms with E-state index >= 15 is 0 Å². The lowest BCUT2D eigenvalue weighted by Crippen LogP contribution is -2.35. The van der Waals surface area contributed by atoms with Crippen molar-refractivity contribution in [2.75, 3.05) is 33.3 Å². The largest absolute Gasteiger partial charge is 0.497 e. The third-order valence-electron chi connectivity index (χ3n) is 5.57. The maximum atomic E-state index is 12.9. The molecule has 4 nitrogen and oxygen atoms in total. The Labute approximate surface area is 174 Å². The summed E-state index contributed by atoms with van der Waals surface area (Å²) in [6.07, 6.45) is 5.49. The molecule has 1 saturated heterocycles. The summed E-state index contributed by atoms with van der Waals surface area (Å²) in [6, 6.07) is 17.6. The number of piperidine rings is 1. The highest BCUT2D eigenvalue weighted by molar-refractivity contribution is 6.24. The molecular formula is C25H32N2O2. The van der Waals surface area contributed by atoms with E-state index in [1.807, 2.05) is 60.7 Å². The van der Waals surface area contributed by atoms with Gasteiger partial charge in [0.2, 0.25) is 0 Å². The monoisotopic (exact) mass is 392 g/mol. The molecule has 1 heterocycles. The Morgan fingerprint density at radius 2 is 1.79 bits per heavy atom. The van der Waals surface area contributed by atoms with Gasteiger partial charge in [0.15, 0.2) is 0 Å². The third-order valence-corrected chi connectivity index (χ3v) is 5.57. The van der Waals surface area contributed by atoms with Crippen LogP contribution in [0.3, 0.4) is 0 Å². The van der Waals surface area contributed by atoms with Gasteiger partial charge in [-0.25, -0.2) is 0 Å². The number of hydrogen-bond acceptors (Lipinski definition) is 3. The van der Waals surface area contributed by atoms with E-state index in [-0.39, 0.29) is 5.91 Å². The molecule has 1 aliphatic rings. The molecule has 0 radical (unpaired) electrons. The molecule has 0 bridgehead atoms. The Hall–Kier alpha value is -2.59. The molecule has 0 atom stereocenters. The van der Waals surface area contributed by atoms with Crippen molar-refractivity contribution in [3.05, 3.63) is 65.7 Å². The fourth-order valence-corrected chi connectivity index (χ4v) is 3.65. The Morgan fingerprint density at radius 3 is 2.45 bits per heavy atom. The number of ether oxygens (including phenoxy) is 1. The quantitative estimate of drug-likeness (QED) is 0.409. The normalized spacial score (nSPS) is 15.9. The lowest BCUT2D eigenvalue weighted by molar-refractivity contribution is -0.115. The number of carbonyl (C=O) groups excluding carboxylic acids is 1. The number of methoxy groups -OCH3 is 1. The second-order valence-corrected chi connectivity index (χ2v) is 7.83. The molecule has 4 heteroatoms. The molecule has 3 rings (SSSR count). The van der Waals surface area contributed by atoms with E-state index in [9.17, 15) is 4.79 Å². The van der Waals surface area contributed by atoms with Gasteiger partial charge in [0.25, 0.3) is 5.91 Å². The number of amides is 1. The third kappa shape index (κ3) is 6.47. The van der Waals surface area contributed by atoms with E-state index in [1.165, 1.54) is 25.9 Å². The highest BCUT2D eigenvalue weighted by Crippen LogP contribution is 2.20. The van der Waals surface area contributed by atoms with E-state index < -0.39 is 0 Å². The number of likely N-dealkylation sites (tertiary alicyclic amines) is 1. The van der Waals surface area contributed by atoms with Gasteiger partial charge in [-0.2, -0.15) is 0 Å². The molecule has 1 aliphatic heterocycles. The number of benzene rings is 2. The van der Waals surface area contributed by atoms with Crippen molar-refractivity contribution in [1.29, 1.82) is 0 Å². The number of carbonyl (C=O) groups is 1. The van der Waals surface area contributed by atoms with Crippen LogP contribution in [0.4, 0.5) is 0 Å². The summed E-state index contributed by atoms with van der Waals surface area (Å²) in [6.45, 7) is 6.44. The van der Waals surface area contributed by atoms with Gasteiger partial charge in [0.1, 0.15) is 5.75 Å². The van der Waals surface area contributed by atoms with Crippen LogP contribution in [0.25, 0.3) is 11.6 Å². The first-order valence-corrected chi connectivity index (χ1v) is 10.6. The van der Waals surface area contributed by atoms with Gasteiger partial charge in [-0.15, -0.1) is 0 Å². The van der Waals surface area contributed by atoms with Gasteiger partial charge < -0.3 is 15.0 Å². The fraction of sp³-hybridized carbons (Fsp3) is 0.400. The van der Waals surface area contributed by atoms with Crippen LogP contribution in [0.5, 0.6) is 5.75 Å². The molecule has 29 heavy (non-hydrogen) atoms. The average Bonchev–Trinajstić information content (AvgIpc) is 2.77. The van der Waals surface area contributed by atoms with Gasteiger partial charge >= 0.3 is 0 Å². The smallest absolute Gasteiger partial charge is 0.251 e. The van der Waals surface area contributed by atoms with Crippen molar-refractivity contribution >= 4 is 17.6 Å². The Bertz CT molecular complexity index is 791. The second kappa shape index (κ2) is 10.8. The summed E-state index contributed by atoms with van der Waals surface area (Å²) in [5.74, 6) is 1.63. The molecule has 0 saturated carbocycles. The van der Waals surface area contributed by atoms with Crippen molar-refractivity contribution < 1.29 is 9.53 Å². The number of nitrogens with zero attached hydrogens (tertiary/aromatic N) is 1. The van der Waals surface area contributed by atoms with Crippen LogP contribution < -0.4 is 10.1 Å². The maximum Gasteiger partial charge on any atom is 0.251 e. The van der Waals surface area contributed by atoms with Gasteiger partial charge in [0.05, 0.1) is 7.11 Å². The number of rotatable bonds is 8. The van der Waals surface area contributed by atoms with Crippen LogP contribution in [0.15, 0.2) is 54.6 Å². The molecule has 2 aromatic rings. The topological polar surface area (TPSA) is 41.6 Å². The highest BCUT2D eigenvalue weighted by atomic mass is 16.5. The van der Waals surface area contributed by atoms with E-state index in [4.69, 9.17) is 4.74 Å². The molecule has 2 aromatic carbocycles. The summed E-state index contributed by atoms with van der Waals surface area (Å²) in [4.78, 5) is 15.5. The number of hydrogen-bond donors (Lipinski definition) is 1. The van der Waals surface area contributed by atoms with Crippen LogP contribution in [-0.4, -0.2) is 44.1 Å². The minimum Gasteiger partial charge on any atom is -0.497 e. The maximum absolute atomic E-state index is 12.9. The molecular weight excluding hydrogens is 360 g/mol. The zero-order valence-electron chi connectivity index (χ0n) is 17.6. The summed E-state index contributed by atoms with van der Waals surface area (Å²) in [5, 5.41) is 3.11. The van der Waals surface area contributed by atoms with E-state index in [0.29, 0.717) is 12.1 Å². The van der Waals surface area contributed by atoms with Gasteiger partial charge in [-0.05, 0) is 74.2 Å². The zero-order chi connectivity index (χ0) is 20.5. The standard InChI is InChI=1S/C25H32N2O2/c1-20-13-17-27(18-14-20)16-6-15-26-25(28)24(22-7-4-3-5-8-22)19-21-9-11-23(29-2)12-10-21/h3-5,7-12,19-20H,6,13-18H2,1-2H3,(H,26,28)/b24-19+. The van der Waals surface area contributed by atoms with Crippen LogP contribution in [-0.2, 0) is 4.79 Å². The SMILES string of the molecule is COc1ccc(/C=C(/C(=O)NCCCN2CCC(C)CC2)c2ccccc2)cc1. The van der Waals surface area contributed by atoms with Crippen molar-refractivity contribution in [3.8, 4) is 5.75 Å². The summed E-state index contributed by atoms with van der Waals surface area (Å²) >= 11 is 0. The molecule has 1 N–H and O–H groups in total. The first-order valence-electron chi connectivity index (χ1n) is 10.6. The minimum absolute atomic E-state index is 0.0284. The first-order chi connectivity index (χ1) is 14.2. The second-order valence-electron chi connectivity index (χ2n) is 7.83. The molecule has 154 valence electrons. The number of nitrogens with one attached hydrogen (secondary N) is 1. The highest BCUT2D eigenvalue weighted by Gasteiger charge is 2.15. The molecule has 0 aromatic heterocycles. The Kier molecular flexibility index (Phi) is 7.88. The van der Waals surface area contributed by atoms with Gasteiger partial charge in [0, 0.05) is 12.1 Å². The predicted molar refractivity (Wildman–Crippen MR) is 120 cm³/mol. The van der Waals surface area contributed by atoms with Crippen LogP contribution >= 0.6 is 0 Å². The average molecular weight is 393 g/mol. The minimum atomic E-state index is -0.0284. The molecule has 0 unspecified atom stereocenters. The summed E-state index contributed by atoms with van der Waals surface area (Å²) < 4.78 is 5.22. The zero-order valence-corrected chi connectivity index (χ0v) is 17.6.